The van der Waals surface area contributed by atoms with Crippen LogP contribution in [0.15, 0.2) is 24.4 Å². The Hall–Kier alpha value is -1.53. The number of aromatic amines is 1. The molecule has 1 atom stereocenters. The normalized spacial score (nSPS) is 20.1. The van der Waals surface area contributed by atoms with Gasteiger partial charge in [-0.15, -0.1) is 0 Å². The Kier molecular flexibility index (Phi) is 4.62. The van der Waals surface area contributed by atoms with E-state index in [4.69, 9.17) is 11.6 Å². The second-order valence-corrected chi connectivity index (χ2v) is 9.83. The average molecular weight is 383 g/mol. The van der Waals surface area contributed by atoms with Gasteiger partial charge in [0.1, 0.15) is 0 Å². The summed E-state index contributed by atoms with van der Waals surface area (Å²) in [6.07, 6.45) is 2.36. The highest BCUT2D eigenvalue weighted by Gasteiger charge is 2.41. The summed E-state index contributed by atoms with van der Waals surface area (Å²) in [7, 11) is -3.04. The van der Waals surface area contributed by atoms with Crippen LogP contribution in [0, 0.1) is 0 Å². The number of hydrogen-bond acceptors (Lipinski definition) is 3. The van der Waals surface area contributed by atoms with Crippen LogP contribution >= 0.6 is 11.6 Å². The molecule has 1 aliphatic rings. The van der Waals surface area contributed by atoms with Crippen LogP contribution in [0.1, 0.15) is 32.8 Å². The van der Waals surface area contributed by atoms with Gasteiger partial charge in [-0.2, -0.15) is 0 Å². The Labute approximate surface area is 153 Å². The molecule has 0 aliphatic carbocycles. The fourth-order valence-corrected chi connectivity index (χ4v) is 5.58. The van der Waals surface area contributed by atoms with E-state index in [-0.39, 0.29) is 23.5 Å². The van der Waals surface area contributed by atoms with Crippen LogP contribution in [-0.4, -0.2) is 48.3 Å². The number of carbonyl (C=O) groups is 1. The highest BCUT2D eigenvalue weighted by molar-refractivity contribution is 7.91. The minimum Gasteiger partial charge on any atom is -0.361 e. The summed E-state index contributed by atoms with van der Waals surface area (Å²) >= 11 is 6.13. The highest BCUT2D eigenvalue weighted by atomic mass is 35.5. The molecule has 0 radical (unpaired) electrons. The van der Waals surface area contributed by atoms with Crippen LogP contribution in [0.2, 0.25) is 5.02 Å². The molecule has 0 saturated carbocycles. The largest absolute Gasteiger partial charge is 0.361 e. The fourth-order valence-electron chi connectivity index (χ4n) is 3.67. The quantitative estimate of drug-likeness (QED) is 0.883. The Morgan fingerprint density at radius 3 is 2.72 bits per heavy atom. The van der Waals surface area contributed by atoms with Crippen molar-refractivity contribution < 1.29 is 13.2 Å². The zero-order valence-corrected chi connectivity index (χ0v) is 16.2. The van der Waals surface area contributed by atoms with E-state index in [1.807, 2.05) is 39.1 Å². The Bertz CT molecular complexity index is 918. The molecular weight excluding hydrogens is 360 g/mol. The average Bonchev–Trinajstić information content (AvgIpc) is 3.11. The summed E-state index contributed by atoms with van der Waals surface area (Å²) in [5.41, 5.74) is 1.01. The molecule has 1 fully saturated rings. The van der Waals surface area contributed by atoms with Crippen molar-refractivity contribution in [3.8, 4) is 0 Å². The SMILES string of the molecule is CCN(C(=O)C(C)(C)c1c[nH]c2ccc(Cl)cc12)C1CCS(=O)(=O)C1. The number of carbonyl (C=O) groups excluding carboxylic acids is 1. The van der Waals surface area contributed by atoms with Crippen molar-refractivity contribution in [2.45, 2.75) is 38.6 Å². The number of sulfone groups is 1. The lowest BCUT2D eigenvalue weighted by atomic mass is 9.82. The predicted molar refractivity (Wildman–Crippen MR) is 101 cm³/mol. The van der Waals surface area contributed by atoms with E-state index in [0.717, 1.165) is 16.5 Å². The highest BCUT2D eigenvalue weighted by Crippen LogP contribution is 2.34. The number of benzene rings is 1. The summed E-state index contributed by atoms with van der Waals surface area (Å²) in [5.74, 6) is 0.158. The number of rotatable bonds is 4. The first-order chi connectivity index (χ1) is 11.7. The molecule has 7 heteroatoms. The van der Waals surface area contributed by atoms with Gasteiger partial charge in [0.2, 0.25) is 5.91 Å². The van der Waals surface area contributed by atoms with Crippen LogP contribution in [-0.2, 0) is 20.0 Å². The van der Waals surface area contributed by atoms with Gasteiger partial charge in [0.05, 0.1) is 16.9 Å². The fraction of sp³-hybridized carbons (Fsp3) is 0.500. The number of fused-ring (bicyclic) bond motifs is 1. The van der Waals surface area contributed by atoms with Crippen molar-refractivity contribution in [2.24, 2.45) is 0 Å². The molecule has 2 aromatic rings. The third-order valence-electron chi connectivity index (χ3n) is 5.10. The van der Waals surface area contributed by atoms with Gasteiger partial charge >= 0.3 is 0 Å². The minimum atomic E-state index is -3.04. The minimum absolute atomic E-state index is 0.0574. The maximum absolute atomic E-state index is 13.3. The molecule has 1 saturated heterocycles. The van der Waals surface area contributed by atoms with E-state index in [2.05, 4.69) is 4.98 Å². The summed E-state index contributed by atoms with van der Waals surface area (Å²) in [5, 5.41) is 1.53. The molecule has 3 rings (SSSR count). The Balaban J connectivity index is 1.97. The number of amides is 1. The van der Waals surface area contributed by atoms with Gasteiger partial charge in [0, 0.05) is 34.7 Å². The molecule has 0 bridgehead atoms. The van der Waals surface area contributed by atoms with Gasteiger partial charge in [-0.1, -0.05) is 11.6 Å². The molecule has 0 spiro atoms. The number of nitrogens with zero attached hydrogens (tertiary/aromatic N) is 1. The standard InChI is InChI=1S/C18H23ClN2O3S/c1-4-21(13-7-8-25(23,24)11-13)17(22)18(2,3)15-10-20-16-6-5-12(19)9-14(15)16/h5-6,9-10,13,20H,4,7-8,11H2,1-3H3. The van der Waals surface area contributed by atoms with Crippen molar-refractivity contribution in [1.82, 2.24) is 9.88 Å². The molecule has 25 heavy (non-hydrogen) atoms. The zero-order chi connectivity index (χ0) is 18.4. The lowest BCUT2D eigenvalue weighted by Gasteiger charge is -2.34. The first-order valence-electron chi connectivity index (χ1n) is 8.44. The lowest BCUT2D eigenvalue weighted by molar-refractivity contribution is -0.137. The first-order valence-corrected chi connectivity index (χ1v) is 10.6. The van der Waals surface area contributed by atoms with Crippen molar-refractivity contribution in [2.75, 3.05) is 18.1 Å². The molecule has 2 heterocycles. The molecule has 5 nitrogen and oxygen atoms in total. The van der Waals surface area contributed by atoms with E-state index in [1.54, 1.807) is 11.0 Å². The van der Waals surface area contributed by atoms with Crippen molar-refractivity contribution >= 4 is 38.2 Å². The van der Waals surface area contributed by atoms with Gasteiger partial charge in [0.15, 0.2) is 9.84 Å². The van der Waals surface area contributed by atoms with E-state index >= 15 is 0 Å². The van der Waals surface area contributed by atoms with Crippen molar-refractivity contribution in [3.63, 3.8) is 0 Å². The van der Waals surface area contributed by atoms with E-state index < -0.39 is 15.3 Å². The molecule has 1 aromatic heterocycles. The number of nitrogens with one attached hydrogen (secondary N) is 1. The monoisotopic (exact) mass is 382 g/mol. The van der Waals surface area contributed by atoms with Gasteiger partial charge in [-0.25, -0.2) is 8.42 Å². The second-order valence-electron chi connectivity index (χ2n) is 7.17. The lowest BCUT2D eigenvalue weighted by Crippen LogP contribution is -2.49. The van der Waals surface area contributed by atoms with Gasteiger partial charge in [-0.3, -0.25) is 4.79 Å². The smallest absolute Gasteiger partial charge is 0.233 e. The topological polar surface area (TPSA) is 70.2 Å². The van der Waals surface area contributed by atoms with Crippen molar-refractivity contribution in [1.29, 1.82) is 0 Å². The maximum Gasteiger partial charge on any atom is 0.233 e. The number of halogens is 1. The summed E-state index contributed by atoms with van der Waals surface area (Å²) in [6, 6.07) is 5.31. The maximum atomic E-state index is 13.3. The van der Waals surface area contributed by atoms with Gasteiger partial charge < -0.3 is 9.88 Å². The van der Waals surface area contributed by atoms with Crippen LogP contribution in [0.4, 0.5) is 0 Å². The van der Waals surface area contributed by atoms with Crippen LogP contribution in [0.5, 0.6) is 0 Å². The molecule has 1 aliphatic heterocycles. The Morgan fingerprint density at radius 2 is 2.12 bits per heavy atom. The molecular formula is C18H23ClN2O3S. The third kappa shape index (κ3) is 3.29. The number of likely N-dealkylation sites (N-methyl/N-ethyl adjacent to an activating group) is 1. The van der Waals surface area contributed by atoms with Crippen LogP contribution < -0.4 is 0 Å². The molecule has 1 unspecified atom stereocenters. The summed E-state index contributed by atoms with van der Waals surface area (Å²) in [6.45, 7) is 6.15. The molecule has 1 amide bonds. The van der Waals surface area contributed by atoms with Crippen molar-refractivity contribution in [3.05, 3.63) is 35.0 Å². The predicted octanol–water partition coefficient (Wildman–Crippen LogP) is 3.13. The van der Waals surface area contributed by atoms with Gasteiger partial charge in [-0.05, 0) is 51.0 Å². The molecule has 136 valence electrons. The van der Waals surface area contributed by atoms with E-state index in [9.17, 15) is 13.2 Å². The van der Waals surface area contributed by atoms with Gasteiger partial charge in [0.25, 0.3) is 0 Å². The number of H-pyrrole nitrogens is 1. The van der Waals surface area contributed by atoms with Crippen LogP contribution in [0.25, 0.3) is 10.9 Å². The van der Waals surface area contributed by atoms with Crippen LogP contribution in [0.3, 0.4) is 0 Å². The molecule has 1 N–H and O–H groups in total. The third-order valence-corrected chi connectivity index (χ3v) is 7.09. The van der Waals surface area contributed by atoms with E-state index in [1.165, 1.54) is 0 Å². The Morgan fingerprint density at radius 1 is 1.40 bits per heavy atom. The number of aromatic nitrogens is 1. The second kappa shape index (κ2) is 6.32. The van der Waals surface area contributed by atoms with E-state index in [0.29, 0.717) is 18.0 Å². The number of hydrogen-bond donors (Lipinski definition) is 1. The summed E-state index contributed by atoms with van der Waals surface area (Å²) in [4.78, 5) is 18.2. The summed E-state index contributed by atoms with van der Waals surface area (Å²) < 4.78 is 23.6. The molecule has 1 aromatic carbocycles. The first kappa shape index (κ1) is 18.3. The zero-order valence-electron chi connectivity index (χ0n) is 14.7.